The van der Waals surface area contributed by atoms with Gasteiger partial charge in [-0.25, -0.2) is 13.1 Å². The highest BCUT2D eigenvalue weighted by Crippen LogP contribution is 2.17. The van der Waals surface area contributed by atoms with Gasteiger partial charge in [0.05, 0.1) is 6.10 Å². The molecular weight excluding hydrogens is 300 g/mol. The van der Waals surface area contributed by atoms with Gasteiger partial charge in [-0.3, -0.25) is 4.79 Å². The van der Waals surface area contributed by atoms with Crippen LogP contribution in [0.5, 0.6) is 0 Å². The number of rotatable bonds is 5. The molecule has 0 aliphatic carbocycles. The fraction of sp³-hybridized carbons (Fsp3) is 0.250. The van der Waals surface area contributed by atoms with Crippen molar-refractivity contribution in [3.05, 3.63) is 51.3 Å². The third-order valence-corrected chi connectivity index (χ3v) is 5.70. The van der Waals surface area contributed by atoms with Crippen molar-refractivity contribution in [3.63, 3.8) is 0 Å². The maximum Gasteiger partial charge on any atom is 0.305 e. The number of aromatic amines is 1. The van der Waals surface area contributed by atoms with Crippen molar-refractivity contribution < 1.29 is 13.5 Å². The van der Waals surface area contributed by atoms with Crippen LogP contribution in [-0.4, -0.2) is 25.1 Å². The molecule has 0 aliphatic rings. The first kappa shape index (κ1) is 14.9. The van der Waals surface area contributed by atoms with Crippen molar-refractivity contribution in [2.45, 2.75) is 17.2 Å². The fourth-order valence-electron chi connectivity index (χ4n) is 1.69. The molecule has 1 heterocycles. The van der Waals surface area contributed by atoms with E-state index in [2.05, 4.69) is 9.71 Å². The van der Waals surface area contributed by atoms with E-state index >= 15 is 0 Å². The van der Waals surface area contributed by atoms with E-state index < -0.39 is 21.0 Å². The molecule has 0 fully saturated rings. The number of sulfonamides is 1. The molecule has 0 aliphatic heterocycles. The van der Waals surface area contributed by atoms with Crippen molar-refractivity contribution in [2.24, 2.45) is 0 Å². The van der Waals surface area contributed by atoms with Crippen molar-refractivity contribution >= 4 is 21.4 Å². The zero-order valence-electron chi connectivity index (χ0n) is 10.7. The van der Waals surface area contributed by atoms with Crippen molar-refractivity contribution in [1.29, 1.82) is 0 Å². The molecule has 1 atom stereocenters. The molecule has 108 valence electrons. The Bertz CT molecular complexity index is 734. The van der Waals surface area contributed by atoms with E-state index in [0.717, 1.165) is 0 Å². The molecule has 0 radical (unpaired) electrons. The predicted octanol–water partition coefficient (Wildman–Crippen LogP) is 0.757. The highest BCUT2D eigenvalue weighted by Gasteiger charge is 2.21. The highest BCUT2D eigenvalue weighted by molar-refractivity contribution is 7.91. The lowest BCUT2D eigenvalue weighted by molar-refractivity contribution is 0.182. The molecular formula is C12H14N2O4S2. The van der Waals surface area contributed by atoms with E-state index in [4.69, 9.17) is 0 Å². The summed E-state index contributed by atoms with van der Waals surface area (Å²) in [6, 6.07) is 8.74. The third kappa shape index (κ3) is 3.34. The minimum absolute atomic E-state index is 0.0530. The van der Waals surface area contributed by atoms with Crippen LogP contribution in [0.4, 0.5) is 0 Å². The summed E-state index contributed by atoms with van der Waals surface area (Å²) in [5.74, 6) is 0. The molecule has 8 heteroatoms. The Balaban J connectivity index is 2.10. The number of thiazole rings is 1. The number of hydrogen-bond donors (Lipinski definition) is 3. The largest absolute Gasteiger partial charge is 0.387 e. The molecule has 1 aromatic carbocycles. The standard InChI is InChI=1S/C12H14N2O4S2/c1-8-11(19-12(16)14-8)20(17,18)13-7-10(15)9-5-3-2-4-6-9/h2-6,10,13,15H,7H2,1H3,(H,14,16). The fourth-order valence-corrected chi connectivity index (χ4v) is 4.08. The Hall–Kier alpha value is -1.48. The predicted molar refractivity (Wildman–Crippen MR) is 76.3 cm³/mol. The van der Waals surface area contributed by atoms with Crippen LogP contribution in [0.25, 0.3) is 0 Å². The average molecular weight is 314 g/mol. The first-order valence-electron chi connectivity index (χ1n) is 5.82. The Morgan fingerprint density at radius 3 is 2.55 bits per heavy atom. The number of aryl methyl sites for hydroxylation is 1. The van der Waals surface area contributed by atoms with E-state index in [-0.39, 0.29) is 10.8 Å². The number of H-pyrrole nitrogens is 1. The lowest BCUT2D eigenvalue weighted by Crippen LogP contribution is -2.28. The van der Waals surface area contributed by atoms with Crippen LogP contribution in [-0.2, 0) is 10.0 Å². The number of aliphatic hydroxyl groups excluding tert-OH is 1. The van der Waals surface area contributed by atoms with Crippen molar-refractivity contribution in [1.82, 2.24) is 9.71 Å². The minimum atomic E-state index is -3.80. The summed E-state index contributed by atoms with van der Waals surface area (Å²) >= 11 is 0.626. The summed E-state index contributed by atoms with van der Waals surface area (Å²) in [4.78, 5) is 13.1. The summed E-state index contributed by atoms with van der Waals surface area (Å²) in [5, 5.41) is 9.91. The van der Waals surface area contributed by atoms with E-state index in [0.29, 0.717) is 22.6 Å². The van der Waals surface area contributed by atoms with Gasteiger partial charge in [0.2, 0.25) is 0 Å². The van der Waals surface area contributed by atoms with E-state index in [1.54, 1.807) is 30.3 Å². The van der Waals surface area contributed by atoms with Crippen LogP contribution in [0.2, 0.25) is 0 Å². The van der Waals surface area contributed by atoms with Gasteiger partial charge < -0.3 is 10.1 Å². The number of aliphatic hydroxyl groups is 1. The summed E-state index contributed by atoms with van der Waals surface area (Å²) < 4.78 is 26.3. The van der Waals surface area contributed by atoms with Crippen LogP contribution >= 0.6 is 11.3 Å². The molecule has 0 amide bonds. The summed E-state index contributed by atoms with van der Waals surface area (Å²) in [5.41, 5.74) is 0.913. The zero-order chi connectivity index (χ0) is 14.8. The molecule has 0 bridgehead atoms. The lowest BCUT2D eigenvalue weighted by atomic mass is 10.1. The Morgan fingerprint density at radius 1 is 1.35 bits per heavy atom. The quantitative estimate of drug-likeness (QED) is 0.758. The minimum Gasteiger partial charge on any atom is -0.387 e. The Labute approximate surface area is 120 Å². The van der Waals surface area contributed by atoms with Crippen LogP contribution < -0.4 is 9.60 Å². The summed E-state index contributed by atoms with van der Waals surface area (Å²) in [7, 11) is -3.80. The molecule has 6 nitrogen and oxygen atoms in total. The van der Waals surface area contributed by atoms with Crippen LogP contribution in [0.15, 0.2) is 39.3 Å². The van der Waals surface area contributed by atoms with Crippen molar-refractivity contribution in [3.8, 4) is 0 Å². The Morgan fingerprint density at radius 2 is 2.00 bits per heavy atom. The smallest absolute Gasteiger partial charge is 0.305 e. The molecule has 0 spiro atoms. The molecule has 0 saturated heterocycles. The molecule has 2 rings (SSSR count). The van der Waals surface area contributed by atoms with Gasteiger partial charge in [0.1, 0.15) is 0 Å². The maximum absolute atomic E-state index is 12.0. The monoisotopic (exact) mass is 314 g/mol. The molecule has 1 unspecified atom stereocenters. The van der Waals surface area contributed by atoms with Gasteiger partial charge in [-0.15, -0.1) is 0 Å². The first-order valence-corrected chi connectivity index (χ1v) is 8.12. The second kappa shape index (κ2) is 5.88. The zero-order valence-corrected chi connectivity index (χ0v) is 12.3. The van der Waals surface area contributed by atoms with Crippen molar-refractivity contribution in [2.75, 3.05) is 6.54 Å². The Kier molecular flexibility index (Phi) is 4.39. The second-order valence-corrected chi connectivity index (χ2v) is 7.15. The van der Waals surface area contributed by atoms with Gasteiger partial charge in [-0.05, 0) is 12.5 Å². The number of benzene rings is 1. The molecule has 2 aromatic rings. The lowest BCUT2D eigenvalue weighted by Gasteiger charge is -2.12. The maximum atomic E-state index is 12.0. The van der Waals surface area contributed by atoms with Gasteiger partial charge in [0, 0.05) is 12.2 Å². The van der Waals surface area contributed by atoms with Gasteiger partial charge in [0.25, 0.3) is 10.0 Å². The summed E-state index contributed by atoms with van der Waals surface area (Å²) in [6.07, 6.45) is -0.943. The van der Waals surface area contributed by atoms with Crippen LogP contribution in [0.3, 0.4) is 0 Å². The molecule has 20 heavy (non-hydrogen) atoms. The number of hydrogen-bond acceptors (Lipinski definition) is 5. The van der Waals surface area contributed by atoms with Crippen LogP contribution in [0, 0.1) is 6.92 Å². The normalized spacial score (nSPS) is 13.3. The number of aromatic nitrogens is 1. The van der Waals surface area contributed by atoms with Gasteiger partial charge in [0.15, 0.2) is 4.21 Å². The number of nitrogens with one attached hydrogen (secondary N) is 2. The van der Waals surface area contributed by atoms with E-state index in [1.165, 1.54) is 6.92 Å². The third-order valence-electron chi connectivity index (χ3n) is 2.68. The van der Waals surface area contributed by atoms with E-state index in [1.807, 2.05) is 0 Å². The summed E-state index contributed by atoms with van der Waals surface area (Å²) in [6.45, 7) is 1.36. The molecule has 3 N–H and O–H groups in total. The molecule has 0 saturated carbocycles. The first-order chi connectivity index (χ1) is 9.40. The average Bonchev–Trinajstić information content (AvgIpc) is 2.77. The molecule has 1 aromatic heterocycles. The highest BCUT2D eigenvalue weighted by atomic mass is 32.2. The van der Waals surface area contributed by atoms with Crippen LogP contribution in [0.1, 0.15) is 17.4 Å². The van der Waals surface area contributed by atoms with E-state index in [9.17, 15) is 18.3 Å². The second-order valence-electron chi connectivity index (χ2n) is 4.21. The SMILES string of the molecule is Cc1[nH]c(=O)sc1S(=O)(=O)NCC(O)c1ccccc1. The van der Waals surface area contributed by atoms with Gasteiger partial charge >= 0.3 is 4.87 Å². The topological polar surface area (TPSA) is 99.3 Å². The van der Waals surface area contributed by atoms with Gasteiger partial charge in [-0.2, -0.15) is 0 Å². The van der Waals surface area contributed by atoms with Gasteiger partial charge in [-0.1, -0.05) is 41.7 Å².